The topological polar surface area (TPSA) is 17.1 Å². The fourth-order valence-corrected chi connectivity index (χ4v) is 1.26. The molecule has 1 aromatic carbocycles. The highest BCUT2D eigenvalue weighted by Gasteiger charge is 2.25. The van der Waals surface area contributed by atoms with E-state index >= 15 is 0 Å². The van der Waals surface area contributed by atoms with E-state index in [9.17, 15) is 4.79 Å². The third kappa shape index (κ3) is 2.22. The predicted octanol–water partition coefficient (Wildman–Crippen LogP) is 3.61. The maximum Gasteiger partial charge on any atom is 0.168 e. The minimum Gasteiger partial charge on any atom is -0.294 e. The molecule has 1 aromatic rings. The second-order valence-corrected chi connectivity index (χ2v) is 4.43. The fraction of sp³-hybridized carbons (Fsp3) is 0.462. The molecule has 0 radical (unpaired) electrons. The number of rotatable bonds is 3. The minimum atomic E-state index is -0.241. The molecule has 0 N–H and O–H groups in total. The molecule has 0 aromatic heterocycles. The first-order valence-corrected chi connectivity index (χ1v) is 5.09. The molecule has 0 unspecified atom stereocenters. The van der Waals surface area contributed by atoms with Crippen molar-refractivity contribution in [2.24, 2.45) is 5.41 Å². The van der Waals surface area contributed by atoms with Gasteiger partial charge in [-0.3, -0.25) is 4.79 Å². The van der Waals surface area contributed by atoms with Crippen LogP contribution in [0.1, 0.15) is 43.1 Å². The lowest BCUT2D eigenvalue weighted by Crippen LogP contribution is -2.23. The van der Waals surface area contributed by atoms with Gasteiger partial charge in [-0.2, -0.15) is 0 Å². The van der Waals surface area contributed by atoms with E-state index in [-0.39, 0.29) is 11.2 Å². The Morgan fingerprint density at radius 3 is 2.14 bits per heavy atom. The Balaban J connectivity index is 2.96. The molecule has 1 rings (SSSR count). The van der Waals surface area contributed by atoms with Gasteiger partial charge in [0, 0.05) is 11.0 Å². The molecule has 0 aliphatic heterocycles. The molecule has 0 atom stereocenters. The van der Waals surface area contributed by atoms with Crippen molar-refractivity contribution in [3.05, 3.63) is 35.4 Å². The van der Waals surface area contributed by atoms with Crippen molar-refractivity contribution in [2.45, 2.75) is 34.1 Å². The average Bonchev–Trinajstić information content (AvgIpc) is 2.18. The molecule has 0 amide bonds. The highest BCUT2D eigenvalue weighted by atomic mass is 16.1. The van der Waals surface area contributed by atoms with Crippen LogP contribution in [0.15, 0.2) is 24.3 Å². The predicted molar refractivity (Wildman–Crippen MR) is 59.6 cm³/mol. The zero-order valence-electron chi connectivity index (χ0n) is 9.42. The van der Waals surface area contributed by atoms with Crippen LogP contribution in [0, 0.1) is 12.3 Å². The third-order valence-electron chi connectivity index (χ3n) is 2.81. The number of aryl methyl sites for hydroxylation is 1. The molecule has 0 aliphatic rings. The summed E-state index contributed by atoms with van der Waals surface area (Å²) in [5.41, 5.74) is 1.77. The monoisotopic (exact) mass is 190 g/mol. The van der Waals surface area contributed by atoms with Gasteiger partial charge in [-0.1, -0.05) is 50.6 Å². The summed E-state index contributed by atoms with van der Waals surface area (Å²) in [6, 6.07) is 7.79. The molecule has 14 heavy (non-hydrogen) atoms. The van der Waals surface area contributed by atoms with E-state index in [1.54, 1.807) is 0 Å². The smallest absolute Gasteiger partial charge is 0.168 e. The van der Waals surface area contributed by atoms with Gasteiger partial charge in [-0.25, -0.2) is 0 Å². The molecule has 76 valence electrons. The van der Waals surface area contributed by atoms with E-state index in [1.807, 2.05) is 52.0 Å². The summed E-state index contributed by atoms with van der Waals surface area (Å²) in [6.07, 6.45) is 0.875. The van der Waals surface area contributed by atoms with Crippen LogP contribution in [0.4, 0.5) is 0 Å². The number of hydrogen-bond donors (Lipinski definition) is 0. The number of benzene rings is 1. The average molecular weight is 190 g/mol. The van der Waals surface area contributed by atoms with Gasteiger partial charge in [0.05, 0.1) is 0 Å². The first-order chi connectivity index (χ1) is 6.47. The van der Waals surface area contributed by atoms with Gasteiger partial charge >= 0.3 is 0 Å². The van der Waals surface area contributed by atoms with Gasteiger partial charge in [0.15, 0.2) is 5.78 Å². The van der Waals surface area contributed by atoms with Gasteiger partial charge < -0.3 is 0 Å². The van der Waals surface area contributed by atoms with Crippen molar-refractivity contribution in [3.8, 4) is 0 Å². The second kappa shape index (κ2) is 3.95. The van der Waals surface area contributed by atoms with Crippen LogP contribution in [-0.2, 0) is 0 Å². The third-order valence-corrected chi connectivity index (χ3v) is 2.81. The lowest BCUT2D eigenvalue weighted by Gasteiger charge is -2.20. The van der Waals surface area contributed by atoms with E-state index < -0.39 is 0 Å². The van der Waals surface area contributed by atoms with E-state index in [2.05, 4.69) is 0 Å². The molecular formula is C13H18O. The Morgan fingerprint density at radius 1 is 1.21 bits per heavy atom. The highest BCUT2D eigenvalue weighted by molar-refractivity contribution is 6.00. The van der Waals surface area contributed by atoms with Crippen molar-refractivity contribution in [1.29, 1.82) is 0 Å². The largest absolute Gasteiger partial charge is 0.294 e. The van der Waals surface area contributed by atoms with Gasteiger partial charge in [-0.15, -0.1) is 0 Å². The quantitative estimate of drug-likeness (QED) is 0.665. The summed E-state index contributed by atoms with van der Waals surface area (Å²) < 4.78 is 0. The molecule has 0 aliphatic carbocycles. The van der Waals surface area contributed by atoms with Crippen molar-refractivity contribution in [1.82, 2.24) is 0 Å². The van der Waals surface area contributed by atoms with E-state index in [4.69, 9.17) is 0 Å². The maximum atomic E-state index is 12.0. The Labute approximate surface area is 86.1 Å². The molecule has 1 nitrogen and oxygen atoms in total. The second-order valence-electron chi connectivity index (χ2n) is 4.43. The Kier molecular flexibility index (Phi) is 3.10. The number of carbonyl (C=O) groups is 1. The Hall–Kier alpha value is -1.11. The standard InChI is InChI=1S/C13H18O/c1-5-13(3,4)12(14)11-8-6-10(2)7-9-11/h6-9H,5H2,1-4H3. The Bertz CT molecular complexity index is 320. The zero-order chi connectivity index (χ0) is 10.8. The van der Waals surface area contributed by atoms with Gasteiger partial charge in [0.1, 0.15) is 0 Å². The lowest BCUT2D eigenvalue weighted by molar-refractivity contribution is 0.0833. The first kappa shape index (κ1) is 11.0. The van der Waals surface area contributed by atoms with E-state index in [0.717, 1.165) is 12.0 Å². The van der Waals surface area contributed by atoms with Crippen LogP contribution in [0.3, 0.4) is 0 Å². The van der Waals surface area contributed by atoms with Crippen molar-refractivity contribution in [3.63, 3.8) is 0 Å². The van der Waals surface area contributed by atoms with E-state index in [1.165, 1.54) is 5.56 Å². The summed E-state index contributed by atoms with van der Waals surface area (Å²) in [4.78, 5) is 12.0. The minimum absolute atomic E-state index is 0.236. The molecule has 1 heteroatoms. The zero-order valence-corrected chi connectivity index (χ0v) is 9.42. The van der Waals surface area contributed by atoms with Gasteiger partial charge in [0.25, 0.3) is 0 Å². The van der Waals surface area contributed by atoms with Crippen LogP contribution in [-0.4, -0.2) is 5.78 Å². The fourth-order valence-electron chi connectivity index (χ4n) is 1.26. The molecule has 0 fully saturated rings. The molecule has 0 bridgehead atoms. The summed E-state index contributed by atoms with van der Waals surface area (Å²) >= 11 is 0. The van der Waals surface area contributed by atoms with Gasteiger partial charge in [0.2, 0.25) is 0 Å². The van der Waals surface area contributed by atoms with Crippen LogP contribution >= 0.6 is 0 Å². The highest BCUT2D eigenvalue weighted by Crippen LogP contribution is 2.25. The van der Waals surface area contributed by atoms with Crippen LogP contribution in [0.25, 0.3) is 0 Å². The van der Waals surface area contributed by atoms with Gasteiger partial charge in [-0.05, 0) is 13.3 Å². The summed E-state index contributed by atoms with van der Waals surface area (Å²) in [5, 5.41) is 0. The van der Waals surface area contributed by atoms with Crippen LogP contribution in [0.2, 0.25) is 0 Å². The number of carbonyl (C=O) groups excluding carboxylic acids is 1. The summed E-state index contributed by atoms with van der Waals surface area (Å²) in [5.74, 6) is 0.236. The van der Waals surface area contributed by atoms with Crippen molar-refractivity contribution in [2.75, 3.05) is 0 Å². The molecule has 0 spiro atoms. The van der Waals surface area contributed by atoms with Crippen LogP contribution < -0.4 is 0 Å². The van der Waals surface area contributed by atoms with Crippen molar-refractivity contribution >= 4 is 5.78 Å². The maximum absolute atomic E-state index is 12.0. The molecule has 0 heterocycles. The summed E-state index contributed by atoms with van der Waals surface area (Å²) in [6.45, 7) is 8.07. The molecular weight excluding hydrogens is 172 g/mol. The lowest BCUT2D eigenvalue weighted by atomic mass is 9.82. The SMILES string of the molecule is CCC(C)(C)C(=O)c1ccc(C)cc1. The van der Waals surface area contributed by atoms with Crippen molar-refractivity contribution < 1.29 is 4.79 Å². The van der Waals surface area contributed by atoms with E-state index in [0.29, 0.717) is 0 Å². The summed E-state index contributed by atoms with van der Waals surface area (Å²) in [7, 11) is 0. The normalized spacial score (nSPS) is 11.4. The molecule has 0 saturated carbocycles. The van der Waals surface area contributed by atoms with Crippen LogP contribution in [0.5, 0.6) is 0 Å². The number of Topliss-reactive ketones (excluding diaryl/α,β-unsaturated/α-hetero) is 1. The first-order valence-electron chi connectivity index (χ1n) is 5.09. The number of ketones is 1. The molecule has 0 saturated heterocycles. The Morgan fingerprint density at radius 2 is 1.71 bits per heavy atom. The number of hydrogen-bond acceptors (Lipinski definition) is 1.